The van der Waals surface area contributed by atoms with Gasteiger partial charge in [-0.05, 0) is 32.0 Å². The van der Waals surface area contributed by atoms with E-state index in [9.17, 15) is 9.59 Å². The number of carbonyl (C=O) groups is 2. The summed E-state index contributed by atoms with van der Waals surface area (Å²) in [6, 6.07) is 4.61. The standard InChI is InChI=1S/C12H14O4/c1-3-15-11-7-9(12(14)16-4-2)5-6-10(11)8-13/h5-8H,3-4H2,1-2H3. The molecule has 16 heavy (non-hydrogen) atoms. The third-order valence-corrected chi connectivity index (χ3v) is 1.95. The highest BCUT2D eigenvalue weighted by molar-refractivity contribution is 5.91. The van der Waals surface area contributed by atoms with Gasteiger partial charge in [-0.1, -0.05) is 0 Å². The molecule has 4 heteroatoms. The number of hydrogen-bond donors (Lipinski definition) is 0. The average Bonchev–Trinajstić information content (AvgIpc) is 2.29. The van der Waals surface area contributed by atoms with Crippen molar-refractivity contribution in [3.8, 4) is 5.75 Å². The summed E-state index contributed by atoms with van der Waals surface area (Å²) in [6.07, 6.45) is 0.694. The topological polar surface area (TPSA) is 52.6 Å². The molecule has 1 aromatic carbocycles. The van der Waals surface area contributed by atoms with Crippen molar-refractivity contribution in [1.82, 2.24) is 0 Å². The van der Waals surface area contributed by atoms with Crippen LogP contribution in [0.3, 0.4) is 0 Å². The minimum Gasteiger partial charge on any atom is -0.493 e. The van der Waals surface area contributed by atoms with Crippen molar-refractivity contribution >= 4 is 12.3 Å². The number of hydrogen-bond acceptors (Lipinski definition) is 4. The van der Waals surface area contributed by atoms with Crippen LogP contribution in [0.25, 0.3) is 0 Å². The van der Waals surface area contributed by atoms with E-state index in [-0.39, 0.29) is 0 Å². The fraction of sp³-hybridized carbons (Fsp3) is 0.333. The van der Waals surface area contributed by atoms with E-state index in [1.54, 1.807) is 19.1 Å². The molecule has 0 amide bonds. The normalized spacial score (nSPS) is 9.62. The fourth-order valence-corrected chi connectivity index (χ4v) is 1.25. The van der Waals surface area contributed by atoms with Crippen molar-refractivity contribution in [1.29, 1.82) is 0 Å². The van der Waals surface area contributed by atoms with Crippen LogP contribution in [-0.4, -0.2) is 25.5 Å². The van der Waals surface area contributed by atoms with Crippen LogP contribution in [0.1, 0.15) is 34.6 Å². The first-order valence-corrected chi connectivity index (χ1v) is 5.12. The van der Waals surface area contributed by atoms with Gasteiger partial charge in [-0.25, -0.2) is 4.79 Å². The molecule has 0 aliphatic rings. The lowest BCUT2D eigenvalue weighted by Gasteiger charge is -2.08. The van der Waals surface area contributed by atoms with E-state index in [0.717, 1.165) is 0 Å². The fourth-order valence-electron chi connectivity index (χ4n) is 1.25. The van der Waals surface area contributed by atoms with Crippen molar-refractivity contribution in [2.45, 2.75) is 13.8 Å². The molecule has 0 radical (unpaired) electrons. The third-order valence-electron chi connectivity index (χ3n) is 1.95. The maximum absolute atomic E-state index is 11.4. The van der Waals surface area contributed by atoms with Crippen LogP contribution in [0.4, 0.5) is 0 Å². The molecule has 0 saturated carbocycles. The van der Waals surface area contributed by atoms with Gasteiger partial charge in [0.15, 0.2) is 6.29 Å². The van der Waals surface area contributed by atoms with Gasteiger partial charge in [-0.15, -0.1) is 0 Å². The van der Waals surface area contributed by atoms with Crippen molar-refractivity contribution in [2.75, 3.05) is 13.2 Å². The van der Waals surface area contributed by atoms with Crippen molar-refractivity contribution < 1.29 is 19.1 Å². The maximum Gasteiger partial charge on any atom is 0.338 e. The molecule has 0 atom stereocenters. The molecule has 0 aromatic heterocycles. The van der Waals surface area contributed by atoms with Gasteiger partial charge in [-0.2, -0.15) is 0 Å². The molecule has 0 fully saturated rings. The summed E-state index contributed by atoms with van der Waals surface area (Å²) >= 11 is 0. The van der Waals surface area contributed by atoms with Gasteiger partial charge < -0.3 is 9.47 Å². The number of aldehydes is 1. The monoisotopic (exact) mass is 222 g/mol. The first-order valence-electron chi connectivity index (χ1n) is 5.12. The molecular weight excluding hydrogens is 208 g/mol. The minimum absolute atomic E-state index is 0.318. The Hall–Kier alpha value is -1.84. The van der Waals surface area contributed by atoms with Crippen LogP contribution < -0.4 is 4.74 Å². The zero-order valence-electron chi connectivity index (χ0n) is 9.36. The Balaban J connectivity index is 3.01. The Bertz CT molecular complexity index is 385. The van der Waals surface area contributed by atoms with Gasteiger partial charge in [-0.3, -0.25) is 4.79 Å². The molecule has 0 aliphatic carbocycles. The maximum atomic E-state index is 11.4. The predicted octanol–water partition coefficient (Wildman–Crippen LogP) is 2.07. The van der Waals surface area contributed by atoms with E-state index >= 15 is 0 Å². The number of ether oxygens (including phenoxy) is 2. The molecule has 0 bridgehead atoms. The number of benzene rings is 1. The Labute approximate surface area is 94.2 Å². The van der Waals surface area contributed by atoms with Crippen molar-refractivity contribution in [3.63, 3.8) is 0 Å². The second-order valence-corrected chi connectivity index (χ2v) is 3.02. The predicted molar refractivity (Wildman–Crippen MR) is 59.0 cm³/mol. The first-order chi connectivity index (χ1) is 7.72. The van der Waals surface area contributed by atoms with Crippen LogP contribution in [0, 0.1) is 0 Å². The Morgan fingerprint density at radius 2 is 2.06 bits per heavy atom. The second-order valence-electron chi connectivity index (χ2n) is 3.02. The lowest BCUT2D eigenvalue weighted by atomic mass is 10.1. The van der Waals surface area contributed by atoms with Gasteiger partial charge in [0.25, 0.3) is 0 Å². The highest BCUT2D eigenvalue weighted by Crippen LogP contribution is 2.19. The second kappa shape index (κ2) is 5.90. The van der Waals surface area contributed by atoms with Gasteiger partial charge in [0, 0.05) is 0 Å². The van der Waals surface area contributed by atoms with Crippen molar-refractivity contribution in [2.24, 2.45) is 0 Å². The van der Waals surface area contributed by atoms with E-state index in [4.69, 9.17) is 9.47 Å². The van der Waals surface area contributed by atoms with E-state index in [1.165, 1.54) is 6.07 Å². The summed E-state index contributed by atoms with van der Waals surface area (Å²) in [5.74, 6) is -0.0102. The minimum atomic E-state index is -0.416. The largest absolute Gasteiger partial charge is 0.493 e. The van der Waals surface area contributed by atoms with Crippen LogP contribution >= 0.6 is 0 Å². The van der Waals surface area contributed by atoms with Crippen molar-refractivity contribution in [3.05, 3.63) is 29.3 Å². The van der Waals surface area contributed by atoms with Gasteiger partial charge >= 0.3 is 5.97 Å². The molecule has 0 unspecified atom stereocenters. The SMILES string of the molecule is CCOC(=O)c1ccc(C=O)c(OCC)c1. The average molecular weight is 222 g/mol. The summed E-state index contributed by atoms with van der Waals surface area (Å²) in [5.41, 5.74) is 0.811. The van der Waals surface area contributed by atoms with E-state index < -0.39 is 5.97 Å². The zero-order valence-corrected chi connectivity index (χ0v) is 9.36. The molecule has 1 rings (SSSR count). The number of esters is 1. The Kier molecular flexibility index (Phi) is 4.51. The summed E-state index contributed by atoms with van der Waals surface area (Å²) in [5, 5.41) is 0. The van der Waals surface area contributed by atoms with Gasteiger partial charge in [0.05, 0.1) is 24.3 Å². The molecule has 0 aliphatic heterocycles. The lowest BCUT2D eigenvalue weighted by Crippen LogP contribution is -2.06. The summed E-state index contributed by atoms with van der Waals surface area (Å²) < 4.78 is 10.1. The first kappa shape index (κ1) is 12.2. The smallest absolute Gasteiger partial charge is 0.338 e. The zero-order chi connectivity index (χ0) is 12.0. The Morgan fingerprint density at radius 1 is 1.31 bits per heavy atom. The molecule has 0 N–H and O–H groups in total. The highest BCUT2D eigenvalue weighted by Gasteiger charge is 2.10. The lowest BCUT2D eigenvalue weighted by molar-refractivity contribution is 0.0525. The highest BCUT2D eigenvalue weighted by atomic mass is 16.5. The van der Waals surface area contributed by atoms with E-state index in [0.29, 0.717) is 36.4 Å². The summed E-state index contributed by atoms with van der Waals surface area (Å²) in [4.78, 5) is 22.1. The third kappa shape index (κ3) is 2.82. The van der Waals surface area contributed by atoms with Crippen LogP contribution in [-0.2, 0) is 4.74 Å². The molecule has 0 saturated heterocycles. The molecule has 1 aromatic rings. The molecule has 4 nitrogen and oxygen atoms in total. The van der Waals surface area contributed by atoms with Crippen LogP contribution in [0.2, 0.25) is 0 Å². The summed E-state index contributed by atoms with van der Waals surface area (Å²) in [6.45, 7) is 4.30. The quantitative estimate of drug-likeness (QED) is 0.565. The van der Waals surface area contributed by atoms with Crippen LogP contribution in [0.15, 0.2) is 18.2 Å². The molecule has 0 heterocycles. The van der Waals surface area contributed by atoms with E-state index in [2.05, 4.69) is 0 Å². The molecule has 86 valence electrons. The number of carbonyl (C=O) groups excluding carboxylic acids is 2. The number of rotatable bonds is 5. The Morgan fingerprint density at radius 3 is 2.62 bits per heavy atom. The van der Waals surface area contributed by atoms with Gasteiger partial charge in [0.1, 0.15) is 5.75 Å². The van der Waals surface area contributed by atoms with E-state index in [1.807, 2.05) is 6.92 Å². The molecular formula is C12H14O4. The van der Waals surface area contributed by atoms with Crippen LogP contribution in [0.5, 0.6) is 5.75 Å². The molecule has 0 spiro atoms. The summed E-state index contributed by atoms with van der Waals surface area (Å²) in [7, 11) is 0. The van der Waals surface area contributed by atoms with Gasteiger partial charge in [0.2, 0.25) is 0 Å².